The van der Waals surface area contributed by atoms with Crippen molar-refractivity contribution >= 4 is 17.7 Å². The number of likely N-dealkylation sites (N-methyl/N-ethyl adjacent to an activating group) is 2. The van der Waals surface area contributed by atoms with E-state index in [4.69, 9.17) is 0 Å². The molecular formula is C11H19N3O3. The monoisotopic (exact) mass is 241 g/mol. The molecule has 0 aromatic heterocycles. The van der Waals surface area contributed by atoms with Crippen LogP contribution in [0.1, 0.15) is 20.3 Å². The van der Waals surface area contributed by atoms with Crippen LogP contribution in [-0.2, 0) is 14.4 Å². The van der Waals surface area contributed by atoms with Crippen LogP contribution in [0.5, 0.6) is 0 Å². The lowest BCUT2D eigenvalue weighted by atomic mass is 10.2. The predicted octanol–water partition coefficient (Wildman–Crippen LogP) is -0.798. The molecule has 6 nitrogen and oxygen atoms in total. The van der Waals surface area contributed by atoms with Crippen molar-refractivity contribution in [1.29, 1.82) is 0 Å². The van der Waals surface area contributed by atoms with E-state index in [1.807, 2.05) is 13.8 Å². The van der Waals surface area contributed by atoms with Crippen molar-refractivity contribution in [1.82, 2.24) is 15.1 Å². The molecule has 1 N–H and O–H groups in total. The van der Waals surface area contributed by atoms with Crippen molar-refractivity contribution in [2.24, 2.45) is 0 Å². The Balaban J connectivity index is 2.44. The van der Waals surface area contributed by atoms with Gasteiger partial charge >= 0.3 is 0 Å². The van der Waals surface area contributed by atoms with Gasteiger partial charge in [0.25, 0.3) is 0 Å². The molecule has 3 amide bonds. The number of hydrogen-bond donors (Lipinski definition) is 1. The number of nitrogens with zero attached hydrogens (tertiary/aromatic N) is 2. The fraction of sp³-hybridized carbons (Fsp3) is 0.727. The smallest absolute Gasteiger partial charge is 0.246 e. The lowest BCUT2D eigenvalue weighted by Gasteiger charge is -2.19. The molecule has 1 aliphatic heterocycles. The van der Waals surface area contributed by atoms with E-state index in [9.17, 15) is 14.4 Å². The molecule has 1 unspecified atom stereocenters. The number of likely N-dealkylation sites (tertiary alicyclic amines) is 1. The molecule has 0 saturated carbocycles. The van der Waals surface area contributed by atoms with Crippen molar-refractivity contribution in [3.05, 3.63) is 0 Å². The first-order chi connectivity index (χ1) is 8.01. The molecule has 6 heteroatoms. The molecular weight excluding hydrogens is 222 g/mol. The first-order valence-corrected chi connectivity index (χ1v) is 5.82. The van der Waals surface area contributed by atoms with Crippen molar-refractivity contribution in [2.75, 3.05) is 26.7 Å². The molecule has 17 heavy (non-hydrogen) atoms. The summed E-state index contributed by atoms with van der Waals surface area (Å²) in [5.74, 6) is -0.519. The summed E-state index contributed by atoms with van der Waals surface area (Å²) in [6.07, 6.45) is 0.140. The maximum absolute atomic E-state index is 11.7. The van der Waals surface area contributed by atoms with E-state index < -0.39 is 6.04 Å². The third-order valence-electron chi connectivity index (χ3n) is 3.00. The second-order valence-electron chi connectivity index (χ2n) is 3.99. The molecule has 0 spiro atoms. The highest BCUT2D eigenvalue weighted by atomic mass is 16.2. The van der Waals surface area contributed by atoms with Crippen LogP contribution < -0.4 is 5.32 Å². The molecule has 1 fully saturated rings. The highest BCUT2D eigenvalue weighted by molar-refractivity contribution is 6.05. The van der Waals surface area contributed by atoms with Gasteiger partial charge in [0, 0.05) is 20.1 Å². The average Bonchev–Trinajstić information content (AvgIpc) is 2.56. The zero-order valence-corrected chi connectivity index (χ0v) is 10.5. The second-order valence-corrected chi connectivity index (χ2v) is 3.99. The van der Waals surface area contributed by atoms with Gasteiger partial charge < -0.3 is 4.90 Å². The van der Waals surface area contributed by atoms with E-state index in [2.05, 4.69) is 5.32 Å². The Hall–Kier alpha value is -1.43. The molecule has 0 aliphatic carbocycles. The molecule has 96 valence electrons. The Labute approximate surface area is 101 Å². The Bertz CT molecular complexity index is 326. The number of amides is 3. The zero-order chi connectivity index (χ0) is 13.0. The highest BCUT2D eigenvalue weighted by Crippen LogP contribution is 2.10. The van der Waals surface area contributed by atoms with Gasteiger partial charge in [0.05, 0.1) is 19.0 Å². The van der Waals surface area contributed by atoms with Crippen LogP contribution in [0.3, 0.4) is 0 Å². The van der Waals surface area contributed by atoms with Gasteiger partial charge in [0.1, 0.15) is 0 Å². The predicted molar refractivity (Wildman–Crippen MR) is 62.1 cm³/mol. The topological polar surface area (TPSA) is 69.7 Å². The summed E-state index contributed by atoms with van der Waals surface area (Å²) in [7, 11) is 1.46. The molecule has 0 radical (unpaired) electrons. The number of nitrogens with one attached hydrogen (secondary N) is 1. The quantitative estimate of drug-likeness (QED) is 0.640. The molecule has 1 rings (SSSR count). The van der Waals surface area contributed by atoms with Crippen LogP contribution in [0.4, 0.5) is 0 Å². The van der Waals surface area contributed by atoms with E-state index in [1.54, 1.807) is 4.90 Å². The fourth-order valence-corrected chi connectivity index (χ4v) is 1.81. The average molecular weight is 241 g/mol. The summed E-state index contributed by atoms with van der Waals surface area (Å²) >= 11 is 0. The van der Waals surface area contributed by atoms with Crippen molar-refractivity contribution in [2.45, 2.75) is 26.3 Å². The molecule has 1 heterocycles. The summed E-state index contributed by atoms with van der Waals surface area (Å²) in [6, 6.07) is -0.549. The summed E-state index contributed by atoms with van der Waals surface area (Å²) in [5, 5.41) is 2.84. The van der Waals surface area contributed by atoms with Gasteiger partial charge in [-0.3, -0.25) is 24.6 Å². The number of carbonyl (C=O) groups excluding carboxylic acids is 3. The first-order valence-electron chi connectivity index (χ1n) is 5.82. The van der Waals surface area contributed by atoms with E-state index in [1.165, 1.54) is 7.05 Å². The van der Waals surface area contributed by atoms with Gasteiger partial charge in [0.2, 0.25) is 17.7 Å². The van der Waals surface area contributed by atoms with Gasteiger partial charge in [0.15, 0.2) is 0 Å². The number of rotatable bonds is 5. The van der Waals surface area contributed by atoms with Gasteiger partial charge in [-0.05, 0) is 13.8 Å². The van der Waals surface area contributed by atoms with Crippen molar-refractivity contribution in [3.63, 3.8) is 0 Å². The minimum absolute atomic E-state index is 0.0511. The van der Waals surface area contributed by atoms with E-state index in [0.29, 0.717) is 13.1 Å². The Morgan fingerprint density at radius 1 is 1.41 bits per heavy atom. The molecule has 0 bridgehead atoms. The summed E-state index contributed by atoms with van der Waals surface area (Å²) < 4.78 is 0. The van der Waals surface area contributed by atoms with E-state index in [0.717, 1.165) is 4.90 Å². The van der Waals surface area contributed by atoms with Crippen LogP contribution >= 0.6 is 0 Å². The molecule has 1 saturated heterocycles. The lowest BCUT2D eigenvalue weighted by Crippen LogP contribution is -2.44. The third-order valence-corrected chi connectivity index (χ3v) is 3.00. The molecule has 1 aliphatic rings. The Kier molecular flexibility index (Phi) is 4.62. The van der Waals surface area contributed by atoms with Crippen LogP contribution in [0.25, 0.3) is 0 Å². The van der Waals surface area contributed by atoms with Crippen LogP contribution in [-0.4, -0.2) is 60.2 Å². The van der Waals surface area contributed by atoms with Crippen molar-refractivity contribution < 1.29 is 14.4 Å². The van der Waals surface area contributed by atoms with Gasteiger partial charge in [-0.2, -0.15) is 0 Å². The number of carbonyl (C=O) groups is 3. The SMILES string of the molecule is CCN(CC)C(=O)CNC1CC(=O)N(C)C1=O. The minimum Gasteiger partial charge on any atom is -0.342 e. The van der Waals surface area contributed by atoms with Crippen LogP contribution in [0, 0.1) is 0 Å². The number of hydrogen-bond acceptors (Lipinski definition) is 4. The molecule has 1 atom stereocenters. The summed E-state index contributed by atoms with van der Waals surface area (Å²) in [5.41, 5.74) is 0. The van der Waals surface area contributed by atoms with Gasteiger partial charge in [-0.25, -0.2) is 0 Å². The standard InChI is InChI=1S/C11H19N3O3/c1-4-14(5-2)10(16)7-12-8-6-9(15)13(3)11(8)17/h8,12H,4-7H2,1-3H3. The van der Waals surface area contributed by atoms with Crippen molar-refractivity contribution in [3.8, 4) is 0 Å². The zero-order valence-electron chi connectivity index (χ0n) is 10.5. The third kappa shape index (κ3) is 3.03. The molecule has 0 aromatic carbocycles. The maximum atomic E-state index is 11.7. The van der Waals surface area contributed by atoms with E-state index >= 15 is 0 Å². The van der Waals surface area contributed by atoms with E-state index in [-0.39, 0.29) is 30.7 Å². The van der Waals surface area contributed by atoms with Gasteiger partial charge in [-0.1, -0.05) is 0 Å². The Morgan fingerprint density at radius 3 is 2.41 bits per heavy atom. The maximum Gasteiger partial charge on any atom is 0.246 e. The lowest BCUT2D eigenvalue weighted by molar-refractivity contribution is -0.137. The summed E-state index contributed by atoms with van der Waals surface area (Å²) in [6.45, 7) is 5.20. The summed E-state index contributed by atoms with van der Waals surface area (Å²) in [4.78, 5) is 37.3. The number of imide groups is 1. The first kappa shape index (κ1) is 13.6. The van der Waals surface area contributed by atoms with Crippen LogP contribution in [0.15, 0.2) is 0 Å². The normalized spacial score (nSPS) is 19.9. The van der Waals surface area contributed by atoms with Gasteiger partial charge in [-0.15, -0.1) is 0 Å². The highest BCUT2D eigenvalue weighted by Gasteiger charge is 2.35. The van der Waals surface area contributed by atoms with Crippen LogP contribution in [0.2, 0.25) is 0 Å². The molecule has 0 aromatic rings. The Morgan fingerprint density at radius 2 is 2.00 bits per heavy atom. The minimum atomic E-state index is -0.549. The largest absolute Gasteiger partial charge is 0.342 e. The second kappa shape index (κ2) is 5.77. The fourth-order valence-electron chi connectivity index (χ4n) is 1.81.